The molecule has 0 radical (unpaired) electrons. The molecule has 1 aliphatic rings. The minimum atomic E-state index is 0.340. The van der Waals surface area contributed by atoms with Crippen LogP contribution in [-0.4, -0.2) is 29.0 Å². The van der Waals surface area contributed by atoms with Gasteiger partial charge in [-0.1, -0.05) is 0 Å². The van der Waals surface area contributed by atoms with Crippen LogP contribution in [0.2, 0.25) is 0 Å². The van der Waals surface area contributed by atoms with E-state index in [9.17, 15) is 4.79 Å². The van der Waals surface area contributed by atoms with E-state index >= 15 is 0 Å². The summed E-state index contributed by atoms with van der Waals surface area (Å²) in [6, 6.07) is 1.86. The highest BCUT2D eigenvalue weighted by Crippen LogP contribution is 2.21. The second-order valence-corrected chi connectivity index (χ2v) is 3.02. The first kappa shape index (κ1) is 7.95. The molecule has 1 fully saturated rings. The molecule has 13 heavy (non-hydrogen) atoms. The first-order valence-corrected chi connectivity index (χ1v) is 4.12. The zero-order valence-corrected chi connectivity index (χ0v) is 7.05. The molecule has 66 valence electrons. The van der Waals surface area contributed by atoms with Crippen LogP contribution in [0, 0.1) is 5.92 Å². The number of hydrogen-bond acceptors (Lipinski definition) is 4. The Bertz CT molecular complexity index is 326. The molecule has 0 amide bonds. The molecule has 4 heteroatoms. The van der Waals surface area contributed by atoms with Crippen molar-refractivity contribution in [2.24, 2.45) is 5.92 Å². The number of rotatable bonds is 2. The molecule has 1 aliphatic heterocycles. The first-order chi connectivity index (χ1) is 6.40. The van der Waals surface area contributed by atoms with Gasteiger partial charge in [0.05, 0.1) is 0 Å². The molecule has 0 unspecified atom stereocenters. The number of anilines is 1. The lowest BCUT2D eigenvalue weighted by atomic mass is 10.0. The second-order valence-electron chi connectivity index (χ2n) is 3.02. The fraction of sp³-hybridized carbons (Fsp3) is 0.333. The van der Waals surface area contributed by atoms with E-state index in [-0.39, 0.29) is 0 Å². The molecular formula is C9H9N3O. The summed E-state index contributed by atoms with van der Waals surface area (Å²) in [5.74, 6) is 3.07. The Labute approximate surface area is 75.9 Å². The minimum absolute atomic E-state index is 0.340. The van der Waals surface area contributed by atoms with Gasteiger partial charge in [0.25, 0.3) is 0 Å². The average Bonchev–Trinajstić information content (AvgIpc) is 2.12. The monoisotopic (exact) mass is 175 g/mol. The maximum atomic E-state index is 10.0. The van der Waals surface area contributed by atoms with Gasteiger partial charge in [-0.25, -0.2) is 14.8 Å². The average molecular weight is 175 g/mol. The SMILES string of the molecule is O=C=CC1CN(c2ccncn2)C1. The van der Waals surface area contributed by atoms with E-state index in [4.69, 9.17) is 0 Å². The summed E-state index contributed by atoms with van der Waals surface area (Å²) in [5, 5.41) is 0. The van der Waals surface area contributed by atoms with Crippen LogP contribution in [0.4, 0.5) is 5.82 Å². The number of hydrogen-bond donors (Lipinski definition) is 0. The van der Waals surface area contributed by atoms with Crippen LogP contribution in [0.15, 0.2) is 24.7 Å². The first-order valence-electron chi connectivity index (χ1n) is 4.12. The van der Waals surface area contributed by atoms with Crippen molar-refractivity contribution in [2.45, 2.75) is 0 Å². The van der Waals surface area contributed by atoms with E-state index < -0.39 is 0 Å². The molecule has 2 heterocycles. The van der Waals surface area contributed by atoms with E-state index in [0.717, 1.165) is 18.9 Å². The highest BCUT2D eigenvalue weighted by Gasteiger charge is 2.25. The van der Waals surface area contributed by atoms with Crippen molar-refractivity contribution in [1.82, 2.24) is 9.97 Å². The standard InChI is InChI=1S/C9H9N3O/c13-4-2-8-5-12(6-8)9-1-3-10-7-11-9/h1-3,7-8H,5-6H2. The largest absolute Gasteiger partial charge is 0.355 e. The zero-order chi connectivity index (χ0) is 9.10. The summed E-state index contributed by atoms with van der Waals surface area (Å²) in [5.41, 5.74) is 0. The minimum Gasteiger partial charge on any atom is -0.355 e. The third kappa shape index (κ3) is 1.58. The summed E-state index contributed by atoms with van der Waals surface area (Å²) in [4.78, 5) is 20.1. The topological polar surface area (TPSA) is 46.1 Å². The van der Waals surface area contributed by atoms with Crippen molar-refractivity contribution in [2.75, 3.05) is 18.0 Å². The fourth-order valence-electron chi connectivity index (χ4n) is 1.37. The van der Waals surface area contributed by atoms with Gasteiger partial charge in [0.1, 0.15) is 18.1 Å². The van der Waals surface area contributed by atoms with Crippen LogP contribution in [0.3, 0.4) is 0 Å². The molecule has 4 nitrogen and oxygen atoms in total. The number of nitrogens with zero attached hydrogens (tertiary/aromatic N) is 3. The molecule has 1 aromatic rings. The van der Waals surface area contributed by atoms with Crippen molar-refractivity contribution < 1.29 is 4.79 Å². The van der Waals surface area contributed by atoms with Crippen molar-refractivity contribution in [1.29, 1.82) is 0 Å². The molecule has 0 saturated carbocycles. The van der Waals surface area contributed by atoms with Crippen LogP contribution in [0.1, 0.15) is 0 Å². The predicted octanol–water partition coefficient (Wildman–Crippen LogP) is 0.301. The van der Waals surface area contributed by atoms with Crippen LogP contribution in [-0.2, 0) is 4.79 Å². The maximum absolute atomic E-state index is 10.0. The third-order valence-corrected chi connectivity index (χ3v) is 2.10. The Morgan fingerprint density at radius 2 is 2.46 bits per heavy atom. The van der Waals surface area contributed by atoms with E-state index in [1.54, 1.807) is 12.3 Å². The number of carbonyl (C=O) groups excluding carboxylic acids is 1. The van der Waals surface area contributed by atoms with Gasteiger partial charge in [-0.2, -0.15) is 0 Å². The number of aromatic nitrogens is 2. The van der Waals surface area contributed by atoms with Gasteiger partial charge in [-0.15, -0.1) is 0 Å². The third-order valence-electron chi connectivity index (χ3n) is 2.10. The summed E-state index contributed by atoms with van der Waals surface area (Å²) >= 11 is 0. The quantitative estimate of drug-likeness (QED) is 0.606. The van der Waals surface area contributed by atoms with Crippen LogP contribution >= 0.6 is 0 Å². The lowest BCUT2D eigenvalue weighted by Crippen LogP contribution is -2.46. The molecular weight excluding hydrogens is 166 g/mol. The van der Waals surface area contributed by atoms with Gasteiger partial charge in [0.15, 0.2) is 0 Å². The normalized spacial score (nSPS) is 16.2. The van der Waals surface area contributed by atoms with E-state index in [1.807, 2.05) is 12.0 Å². The smallest absolute Gasteiger partial charge is 0.131 e. The van der Waals surface area contributed by atoms with E-state index in [2.05, 4.69) is 14.9 Å². The van der Waals surface area contributed by atoms with Gasteiger partial charge >= 0.3 is 0 Å². The molecule has 2 rings (SSSR count). The Morgan fingerprint density at radius 3 is 3.08 bits per heavy atom. The molecule has 0 N–H and O–H groups in total. The highest BCUT2D eigenvalue weighted by molar-refractivity contribution is 5.49. The Hall–Kier alpha value is -1.67. The molecule has 0 spiro atoms. The predicted molar refractivity (Wildman–Crippen MR) is 48.0 cm³/mol. The van der Waals surface area contributed by atoms with E-state index in [1.165, 1.54) is 6.33 Å². The maximum Gasteiger partial charge on any atom is 0.131 e. The van der Waals surface area contributed by atoms with Gasteiger partial charge in [0, 0.05) is 31.3 Å². The molecule has 0 atom stereocenters. The van der Waals surface area contributed by atoms with Crippen molar-refractivity contribution in [3.05, 3.63) is 24.7 Å². The lowest BCUT2D eigenvalue weighted by Gasteiger charge is -2.37. The van der Waals surface area contributed by atoms with E-state index in [0.29, 0.717) is 5.92 Å². The summed E-state index contributed by atoms with van der Waals surface area (Å²) in [6.07, 6.45) is 4.81. The summed E-state index contributed by atoms with van der Waals surface area (Å²) in [6.45, 7) is 1.71. The Balaban J connectivity index is 1.97. The zero-order valence-electron chi connectivity index (χ0n) is 7.05. The summed E-state index contributed by atoms with van der Waals surface area (Å²) < 4.78 is 0. The molecule has 1 aromatic heterocycles. The lowest BCUT2D eigenvalue weighted by molar-refractivity contribution is 0.486. The van der Waals surface area contributed by atoms with Crippen LogP contribution in [0.25, 0.3) is 0 Å². The van der Waals surface area contributed by atoms with Gasteiger partial charge in [-0.05, 0) is 6.07 Å². The van der Waals surface area contributed by atoms with Crippen molar-refractivity contribution in [3.8, 4) is 0 Å². The summed E-state index contributed by atoms with van der Waals surface area (Å²) in [7, 11) is 0. The molecule has 0 aliphatic carbocycles. The Morgan fingerprint density at radius 1 is 1.62 bits per heavy atom. The van der Waals surface area contributed by atoms with Gasteiger partial charge < -0.3 is 4.90 Å². The van der Waals surface area contributed by atoms with Crippen LogP contribution < -0.4 is 4.90 Å². The fourth-order valence-corrected chi connectivity index (χ4v) is 1.37. The van der Waals surface area contributed by atoms with Gasteiger partial charge in [0.2, 0.25) is 0 Å². The Kier molecular flexibility index (Phi) is 2.06. The second kappa shape index (κ2) is 3.37. The van der Waals surface area contributed by atoms with Crippen molar-refractivity contribution >= 4 is 11.8 Å². The highest BCUT2D eigenvalue weighted by atomic mass is 16.1. The van der Waals surface area contributed by atoms with Gasteiger partial charge in [-0.3, -0.25) is 0 Å². The van der Waals surface area contributed by atoms with Crippen LogP contribution in [0.5, 0.6) is 0 Å². The molecule has 1 saturated heterocycles. The van der Waals surface area contributed by atoms with Crippen molar-refractivity contribution in [3.63, 3.8) is 0 Å². The molecule has 0 aromatic carbocycles. The molecule has 0 bridgehead atoms.